The summed E-state index contributed by atoms with van der Waals surface area (Å²) < 4.78 is 13.5. The lowest BCUT2D eigenvalue weighted by molar-refractivity contribution is -0.125. The van der Waals surface area contributed by atoms with E-state index in [1.165, 1.54) is 21.3 Å². The number of carbonyl (C=O) groups is 6. The number of aliphatic hydroxyl groups is 1. The minimum Gasteiger partial charge on any atom is -0.457 e. The van der Waals surface area contributed by atoms with Crippen molar-refractivity contribution in [2.75, 3.05) is 82.7 Å². The summed E-state index contributed by atoms with van der Waals surface area (Å²) in [5, 5.41) is 20.6. The van der Waals surface area contributed by atoms with Crippen molar-refractivity contribution >= 4 is 74.8 Å². The first-order valence-electron chi connectivity index (χ1n) is 24.7. The number of halogens is 1. The zero-order chi connectivity index (χ0) is 52.5. The first kappa shape index (κ1) is 53.0. The van der Waals surface area contributed by atoms with Crippen molar-refractivity contribution in [2.45, 2.75) is 80.6 Å². The van der Waals surface area contributed by atoms with Gasteiger partial charge in [0.1, 0.15) is 0 Å². The van der Waals surface area contributed by atoms with E-state index in [2.05, 4.69) is 53.3 Å². The average Bonchev–Trinajstić information content (AvgIpc) is 3.96. The van der Waals surface area contributed by atoms with E-state index >= 15 is 0 Å². The average molecular weight is 1030 g/mol. The molecule has 0 bridgehead atoms. The van der Waals surface area contributed by atoms with E-state index in [0.29, 0.717) is 58.4 Å². The van der Waals surface area contributed by atoms with Gasteiger partial charge in [-0.25, -0.2) is 14.4 Å². The highest BCUT2D eigenvalue weighted by atomic mass is 35.5. The molecule has 3 fully saturated rings. The van der Waals surface area contributed by atoms with Gasteiger partial charge in [-0.15, -0.1) is 0 Å². The molecule has 5 amide bonds. The van der Waals surface area contributed by atoms with Crippen LogP contribution in [0.5, 0.6) is 0 Å². The fourth-order valence-electron chi connectivity index (χ4n) is 11.2. The predicted molar refractivity (Wildman–Crippen MR) is 275 cm³/mol. The molecule has 4 aromatic heterocycles. The number of likely N-dealkylation sites (tertiary alicyclic amines) is 2. The molecular formula is C53H61ClN10O10. The predicted octanol–water partition coefficient (Wildman–Crippen LogP) is 6.37. The fourth-order valence-corrected chi connectivity index (χ4v) is 11.2. The SMILES string of the molecule is COC(=O)Cl.COC(=O)N1CCC2(CC1)C(=O)N(Cc1ncc3ccccc3c1CCCCO)c1cnccc12.COC(=O)N1CCC2(CC1)C(=O)Nc1cnccc12.O=C1Nc2cnccc2C12CCNCC2. The number of nitrogens with zero attached hydrogens (tertiary/aromatic N) is 7. The molecule has 11 rings (SSSR count). The van der Waals surface area contributed by atoms with Gasteiger partial charge in [0.05, 0.1) is 85.5 Å². The van der Waals surface area contributed by atoms with Crippen molar-refractivity contribution < 1.29 is 48.1 Å². The van der Waals surface area contributed by atoms with Gasteiger partial charge in [-0.05, 0) is 117 Å². The third-order valence-corrected chi connectivity index (χ3v) is 15.3. The lowest BCUT2D eigenvalue weighted by Crippen LogP contribution is -2.50. The second-order valence-corrected chi connectivity index (χ2v) is 19.1. The summed E-state index contributed by atoms with van der Waals surface area (Å²) in [4.78, 5) is 93.5. The molecule has 3 spiro atoms. The molecule has 10 heterocycles. The molecule has 1 aromatic carbocycles. The standard InChI is InChI=1S/C27H30N4O4.C13H15N3O3.C11H13N3O.C2H3ClO2/c1-35-26(34)30-13-10-27(11-14-30)22-9-12-28-17-24(22)31(25(27)33)18-23-21(8-4-5-15-32)20-7-3-2-6-19(20)16-29-23;1-19-12(18)16-6-3-13(4-7-16)9-2-5-14-8-10(9)15-11(13)17;15-10-11(2-5-12-6-3-11)8-1-4-13-7-9(8)14-10;1-5-2(3)4/h2-3,6-7,9,12,16-17,32H,4-5,8,10-11,13-15,18H2,1H3;2,5,8H,3-4,6-7H2,1H3,(H,15,17);1,4,7,12H,2-3,5-6H2,(H,14,15);1H3. The number of anilines is 3. The molecule has 20 nitrogen and oxygen atoms in total. The molecule has 0 atom stereocenters. The number of hydrogen-bond acceptors (Lipinski definition) is 15. The van der Waals surface area contributed by atoms with Gasteiger partial charge in [0, 0.05) is 74.6 Å². The maximum Gasteiger partial charge on any atom is 0.409 e. The number of benzene rings is 1. The number of hydrogen-bond donors (Lipinski definition) is 4. The Hall–Kier alpha value is -7.29. The highest BCUT2D eigenvalue weighted by molar-refractivity contribution is 6.61. The lowest BCUT2D eigenvalue weighted by atomic mass is 9.74. The Morgan fingerprint density at radius 3 is 1.72 bits per heavy atom. The summed E-state index contributed by atoms with van der Waals surface area (Å²) in [6.45, 7) is 4.33. The van der Waals surface area contributed by atoms with Crippen molar-refractivity contribution in [3.05, 3.63) is 114 Å². The van der Waals surface area contributed by atoms with Gasteiger partial charge in [0.2, 0.25) is 17.7 Å². The van der Waals surface area contributed by atoms with E-state index in [1.807, 2.05) is 47.5 Å². The van der Waals surface area contributed by atoms with Crippen LogP contribution in [0.3, 0.4) is 0 Å². The topological polar surface area (TPSA) is 248 Å². The number of unbranched alkanes of at least 4 members (excludes halogenated alkanes) is 1. The Kier molecular flexibility index (Phi) is 16.7. The Bertz CT molecular complexity index is 2880. The van der Waals surface area contributed by atoms with Crippen molar-refractivity contribution in [3.8, 4) is 0 Å². The number of amides is 5. The molecule has 3 saturated heterocycles. The molecule has 0 radical (unpaired) electrons. The number of piperidine rings is 3. The van der Waals surface area contributed by atoms with E-state index in [-0.39, 0.29) is 41.9 Å². The monoisotopic (exact) mass is 1030 g/mol. The van der Waals surface area contributed by atoms with Gasteiger partial charge in [-0.1, -0.05) is 24.3 Å². The number of fused-ring (bicyclic) bond motifs is 7. The summed E-state index contributed by atoms with van der Waals surface area (Å²) in [5.41, 5.74) is 5.35. The van der Waals surface area contributed by atoms with Crippen LogP contribution < -0.4 is 20.9 Å². The van der Waals surface area contributed by atoms with Crippen LogP contribution in [0.25, 0.3) is 10.8 Å². The smallest absolute Gasteiger partial charge is 0.409 e. The quantitative estimate of drug-likeness (QED) is 0.0820. The number of nitrogens with one attached hydrogen (secondary N) is 3. The summed E-state index contributed by atoms with van der Waals surface area (Å²) in [6.07, 6.45) is 18.0. The normalized spacial score (nSPS) is 18.1. The Morgan fingerprint density at radius 1 is 0.662 bits per heavy atom. The molecule has 74 heavy (non-hydrogen) atoms. The van der Waals surface area contributed by atoms with Gasteiger partial charge in [-0.2, -0.15) is 0 Å². The Labute approximate surface area is 433 Å². The minimum atomic E-state index is -0.773. The number of carbonyl (C=O) groups excluding carboxylic acids is 6. The molecule has 6 aliphatic heterocycles. The fraction of sp³-hybridized carbons (Fsp3) is 0.434. The Balaban J connectivity index is 0.000000156. The van der Waals surface area contributed by atoms with Crippen LogP contribution in [0.2, 0.25) is 0 Å². The summed E-state index contributed by atoms with van der Waals surface area (Å²) in [5.74, 6) is 0.202. The number of ether oxygens (including phenoxy) is 3. The molecule has 0 unspecified atom stereocenters. The number of aromatic nitrogens is 4. The maximum absolute atomic E-state index is 14.0. The van der Waals surface area contributed by atoms with Gasteiger partial charge in [0.25, 0.3) is 0 Å². The van der Waals surface area contributed by atoms with E-state index in [1.54, 1.807) is 47.0 Å². The summed E-state index contributed by atoms with van der Waals surface area (Å²) >= 11 is 4.60. The molecule has 6 aliphatic rings. The van der Waals surface area contributed by atoms with Crippen LogP contribution in [0, 0.1) is 0 Å². The molecule has 4 N–H and O–H groups in total. The van der Waals surface area contributed by atoms with E-state index in [9.17, 15) is 33.9 Å². The minimum absolute atomic E-state index is 0.0139. The van der Waals surface area contributed by atoms with Crippen molar-refractivity contribution in [1.29, 1.82) is 0 Å². The van der Waals surface area contributed by atoms with Gasteiger partial charge >= 0.3 is 17.6 Å². The lowest BCUT2D eigenvalue weighted by Gasteiger charge is -2.37. The highest BCUT2D eigenvalue weighted by Crippen LogP contribution is 2.49. The van der Waals surface area contributed by atoms with Crippen LogP contribution in [0.15, 0.2) is 85.8 Å². The molecule has 5 aromatic rings. The molecule has 21 heteroatoms. The first-order chi connectivity index (χ1) is 35.9. The molecule has 0 aliphatic carbocycles. The second-order valence-electron chi connectivity index (χ2n) is 18.8. The maximum atomic E-state index is 14.0. The third kappa shape index (κ3) is 10.4. The van der Waals surface area contributed by atoms with Gasteiger partial charge < -0.3 is 50.0 Å². The second kappa shape index (κ2) is 23.3. The molecule has 390 valence electrons. The first-order valence-corrected chi connectivity index (χ1v) is 25.1. The zero-order valence-electron chi connectivity index (χ0n) is 41.7. The summed E-state index contributed by atoms with van der Waals surface area (Å²) in [6, 6.07) is 14.0. The van der Waals surface area contributed by atoms with Crippen molar-refractivity contribution in [3.63, 3.8) is 0 Å². The zero-order valence-corrected chi connectivity index (χ0v) is 42.5. The van der Waals surface area contributed by atoms with Crippen LogP contribution in [0.1, 0.15) is 79.3 Å². The Morgan fingerprint density at radius 2 is 1.18 bits per heavy atom. The van der Waals surface area contributed by atoms with Gasteiger partial charge in [-0.3, -0.25) is 34.3 Å². The number of methoxy groups -OCH3 is 3. The summed E-state index contributed by atoms with van der Waals surface area (Å²) in [7, 11) is 3.97. The number of pyridine rings is 4. The van der Waals surface area contributed by atoms with Crippen LogP contribution in [-0.2, 0) is 57.8 Å². The molecular weight excluding hydrogens is 972 g/mol. The number of aryl methyl sites for hydroxylation is 1. The van der Waals surface area contributed by atoms with Crippen LogP contribution in [-0.4, -0.2) is 137 Å². The highest BCUT2D eigenvalue weighted by Gasteiger charge is 2.53. The van der Waals surface area contributed by atoms with Crippen molar-refractivity contribution in [1.82, 2.24) is 35.1 Å². The van der Waals surface area contributed by atoms with Crippen LogP contribution in [0.4, 0.5) is 31.4 Å². The largest absolute Gasteiger partial charge is 0.457 e. The van der Waals surface area contributed by atoms with Crippen molar-refractivity contribution in [2.24, 2.45) is 0 Å². The van der Waals surface area contributed by atoms with Gasteiger partial charge in [0.15, 0.2) is 0 Å². The number of rotatable bonds is 6. The van der Waals surface area contributed by atoms with E-state index in [4.69, 9.17) is 14.5 Å². The molecule has 0 saturated carbocycles. The number of aliphatic hydroxyl groups excluding tert-OH is 1. The van der Waals surface area contributed by atoms with E-state index in [0.717, 1.165) is 101 Å². The third-order valence-electron chi connectivity index (χ3n) is 15.2. The van der Waals surface area contributed by atoms with Crippen LogP contribution >= 0.6 is 11.6 Å². The van der Waals surface area contributed by atoms with E-state index < -0.39 is 16.3 Å².